The fraction of sp³-hybridized carbons (Fsp3) is 0.900. The highest BCUT2D eigenvalue weighted by molar-refractivity contribution is 5.81. The molecule has 0 saturated carbocycles. The predicted octanol–water partition coefficient (Wildman–Crippen LogP) is 0.345. The Hall–Kier alpha value is -0.610. The van der Waals surface area contributed by atoms with Crippen molar-refractivity contribution in [2.24, 2.45) is 5.73 Å². The molecule has 0 aliphatic carbocycles. The molecule has 0 aliphatic rings. The third-order valence-corrected chi connectivity index (χ3v) is 2.25. The van der Waals surface area contributed by atoms with Crippen LogP contribution in [0.2, 0.25) is 0 Å². The zero-order valence-corrected chi connectivity index (χ0v) is 9.20. The first-order valence-electron chi connectivity index (χ1n) is 5.32. The summed E-state index contributed by atoms with van der Waals surface area (Å²) in [6.07, 6.45) is 2.76. The second-order valence-electron chi connectivity index (χ2n) is 3.39. The summed E-state index contributed by atoms with van der Waals surface area (Å²) in [5.41, 5.74) is 5.74. The van der Waals surface area contributed by atoms with E-state index in [1.165, 1.54) is 0 Å². The van der Waals surface area contributed by atoms with E-state index in [0.29, 0.717) is 13.1 Å². The number of hydrogen-bond acceptors (Lipinski definition) is 3. The van der Waals surface area contributed by atoms with Crippen LogP contribution in [0, 0.1) is 0 Å². The molecule has 0 heterocycles. The standard InChI is InChI=1S/C10H22N2O2/c1-3-5-6-9(11)10(14)12(4-2)7-8-13/h9,13H,3-8,11H2,1-2H3. The molecular weight excluding hydrogens is 180 g/mol. The third-order valence-electron chi connectivity index (χ3n) is 2.25. The highest BCUT2D eigenvalue weighted by Gasteiger charge is 2.18. The van der Waals surface area contributed by atoms with E-state index in [0.717, 1.165) is 19.3 Å². The number of unbranched alkanes of at least 4 members (excludes halogenated alkanes) is 1. The summed E-state index contributed by atoms with van der Waals surface area (Å²) in [4.78, 5) is 13.3. The maximum absolute atomic E-state index is 11.7. The maximum atomic E-state index is 11.7. The van der Waals surface area contributed by atoms with Gasteiger partial charge in [-0.3, -0.25) is 4.79 Å². The van der Waals surface area contributed by atoms with E-state index in [4.69, 9.17) is 10.8 Å². The van der Waals surface area contributed by atoms with Crippen LogP contribution in [0.3, 0.4) is 0 Å². The molecule has 0 rings (SSSR count). The van der Waals surface area contributed by atoms with Crippen molar-refractivity contribution in [1.29, 1.82) is 0 Å². The minimum absolute atomic E-state index is 0.0000772. The molecule has 0 aromatic carbocycles. The first-order valence-corrected chi connectivity index (χ1v) is 5.32. The van der Waals surface area contributed by atoms with Crippen molar-refractivity contribution in [1.82, 2.24) is 4.90 Å². The van der Waals surface area contributed by atoms with Crippen LogP contribution in [-0.4, -0.2) is 41.7 Å². The van der Waals surface area contributed by atoms with E-state index in [2.05, 4.69) is 6.92 Å². The highest BCUT2D eigenvalue weighted by atomic mass is 16.3. The molecule has 0 bridgehead atoms. The largest absolute Gasteiger partial charge is 0.395 e. The Morgan fingerprint density at radius 1 is 1.50 bits per heavy atom. The lowest BCUT2D eigenvalue weighted by Gasteiger charge is -2.23. The van der Waals surface area contributed by atoms with Gasteiger partial charge in [-0.1, -0.05) is 19.8 Å². The second-order valence-corrected chi connectivity index (χ2v) is 3.39. The molecule has 0 radical (unpaired) electrons. The minimum Gasteiger partial charge on any atom is -0.395 e. The van der Waals surface area contributed by atoms with Crippen molar-refractivity contribution >= 4 is 5.91 Å². The van der Waals surface area contributed by atoms with Gasteiger partial charge in [-0.05, 0) is 13.3 Å². The fourth-order valence-corrected chi connectivity index (χ4v) is 1.33. The number of rotatable bonds is 7. The molecule has 84 valence electrons. The SMILES string of the molecule is CCCCC(N)C(=O)N(CC)CCO. The molecule has 0 saturated heterocycles. The van der Waals surface area contributed by atoms with Gasteiger partial charge in [0.1, 0.15) is 0 Å². The summed E-state index contributed by atoms with van der Waals surface area (Å²) in [6.45, 7) is 4.96. The Labute approximate surface area is 86.1 Å². The topological polar surface area (TPSA) is 66.6 Å². The molecule has 0 spiro atoms. The van der Waals surface area contributed by atoms with Crippen LogP contribution in [-0.2, 0) is 4.79 Å². The van der Waals surface area contributed by atoms with E-state index >= 15 is 0 Å². The number of aliphatic hydroxyl groups is 1. The van der Waals surface area contributed by atoms with Gasteiger partial charge in [0.25, 0.3) is 0 Å². The van der Waals surface area contributed by atoms with Crippen LogP contribution in [0.25, 0.3) is 0 Å². The number of nitrogens with two attached hydrogens (primary N) is 1. The average molecular weight is 202 g/mol. The van der Waals surface area contributed by atoms with Crippen LogP contribution >= 0.6 is 0 Å². The summed E-state index contributed by atoms with van der Waals surface area (Å²) < 4.78 is 0. The molecule has 14 heavy (non-hydrogen) atoms. The van der Waals surface area contributed by atoms with Gasteiger partial charge >= 0.3 is 0 Å². The van der Waals surface area contributed by atoms with E-state index < -0.39 is 6.04 Å². The molecule has 1 amide bonds. The second kappa shape index (κ2) is 7.76. The number of nitrogens with zero attached hydrogens (tertiary/aromatic N) is 1. The van der Waals surface area contributed by atoms with Crippen molar-refractivity contribution < 1.29 is 9.90 Å². The molecule has 3 N–H and O–H groups in total. The Balaban J connectivity index is 3.99. The predicted molar refractivity (Wildman–Crippen MR) is 56.8 cm³/mol. The van der Waals surface area contributed by atoms with Crippen molar-refractivity contribution in [3.8, 4) is 0 Å². The molecule has 0 aromatic rings. The Bertz CT molecular complexity index is 162. The number of amides is 1. The number of carbonyl (C=O) groups is 1. The van der Waals surface area contributed by atoms with E-state index in [1.54, 1.807) is 4.90 Å². The van der Waals surface area contributed by atoms with Gasteiger partial charge in [0.05, 0.1) is 12.6 Å². The van der Waals surface area contributed by atoms with Crippen LogP contribution in [0.5, 0.6) is 0 Å². The summed E-state index contributed by atoms with van der Waals surface area (Å²) in [5.74, 6) is -0.0463. The smallest absolute Gasteiger partial charge is 0.239 e. The number of likely N-dealkylation sites (N-methyl/N-ethyl adjacent to an activating group) is 1. The molecule has 1 unspecified atom stereocenters. The Morgan fingerprint density at radius 3 is 2.57 bits per heavy atom. The monoisotopic (exact) mass is 202 g/mol. The quantitative estimate of drug-likeness (QED) is 0.626. The highest BCUT2D eigenvalue weighted by Crippen LogP contribution is 2.02. The Morgan fingerprint density at radius 2 is 2.14 bits per heavy atom. The van der Waals surface area contributed by atoms with Gasteiger partial charge in [0, 0.05) is 13.1 Å². The fourth-order valence-electron chi connectivity index (χ4n) is 1.33. The number of aliphatic hydroxyl groups excluding tert-OH is 1. The van der Waals surface area contributed by atoms with Crippen LogP contribution < -0.4 is 5.73 Å². The van der Waals surface area contributed by atoms with E-state index in [1.807, 2.05) is 6.92 Å². The summed E-state index contributed by atoms with van der Waals surface area (Å²) >= 11 is 0. The average Bonchev–Trinajstić information content (AvgIpc) is 2.21. The molecule has 0 aromatic heterocycles. The molecule has 1 atom stereocenters. The van der Waals surface area contributed by atoms with Crippen molar-refractivity contribution in [2.75, 3.05) is 19.7 Å². The van der Waals surface area contributed by atoms with Gasteiger partial charge in [-0.25, -0.2) is 0 Å². The number of carbonyl (C=O) groups excluding carboxylic acids is 1. The molecule has 0 fully saturated rings. The van der Waals surface area contributed by atoms with Gasteiger partial charge in [-0.2, -0.15) is 0 Å². The van der Waals surface area contributed by atoms with Crippen molar-refractivity contribution in [3.05, 3.63) is 0 Å². The zero-order valence-electron chi connectivity index (χ0n) is 9.20. The van der Waals surface area contributed by atoms with Gasteiger partial charge in [0.2, 0.25) is 5.91 Å². The minimum atomic E-state index is -0.401. The van der Waals surface area contributed by atoms with Gasteiger partial charge < -0.3 is 15.7 Å². The zero-order chi connectivity index (χ0) is 11.0. The van der Waals surface area contributed by atoms with E-state index in [9.17, 15) is 4.79 Å². The lowest BCUT2D eigenvalue weighted by molar-refractivity contribution is -0.133. The van der Waals surface area contributed by atoms with Crippen LogP contribution in [0.1, 0.15) is 33.1 Å². The van der Waals surface area contributed by atoms with Gasteiger partial charge in [-0.15, -0.1) is 0 Å². The van der Waals surface area contributed by atoms with Gasteiger partial charge in [0.15, 0.2) is 0 Å². The normalized spacial score (nSPS) is 12.6. The Kier molecular flexibility index (Phi) is 7.42. The molecule has 4 heteroatoms. The summed E-state index contributed by atoms with van der Waals surface area (Å²) in [7, 11) is 0. The van der Waals surface area contributed by atoms with Crippen LogP contribution in [0.15, 0.2) is 0 Å². The molecular formula is C10H22N2O2. The first kappa shape index (κ1) is 13.4. The summed E-state index contributed by atoms with van der Waals surface area (Å²) in [5, 5.41) is 8.74. The van der Waals surface area contributed by atoms with Crippen molar-refractivity contribution in [2.45, 2.75) is 39.2 Å². The lowest BCUT2D eigenvalue weighted by Crippen LogP contribution is -2.44. The van der Waals surface area contributed by atoms with Crippen molar-refractivity contribution in [3.63, 3.8) is 0 Å². The number of hydrogen-bond donors (Lipinski definition) is 2. The summed E-state index contributed by atoms with van der Waals surface area (Å²) in [6, 6.07) is -0.401. The van der Waals surface area contributed by atoms with E-state index in [-0.39, 0.29) is 12.5 Å². The molecule has 0 aliphatic heterocycles. The maximum Gasteiger partial charge on any atom is 0.239 e. The molecule has 4 nitrogen and oxygen atoms in total. The first-order chi connectivity index (χ1) is 6.67. The lowest BCUT2D eigenvalue weighted by atomic mass is 10.1. The van der Waals surface area contributed by atoms with Crippen LogP contribution in [0.4, 0.5) is 0 Å². The third kappa shape index (κ3) is 4.58.